The van der Waals surface area contributed by atoms with Crippen LogP contribution >= 0.6 is 0 Å². The second-order valence-electron chi connectivity index (χ2n) is 4.35. The number of nitriles is 1. The highest BCUT2D eigenvalue weighted by atomic mass is 15.3. The van der Waals surface area contributed by atoms with E-state index in [9.17, 15) is 0 Å². The first-order valence-electron chi connectivity index (χ1n) is 5.93. The van der Waals surface area contributed by atoms with Crippen LogP contribution in [-0.2, 0) is 6.54 Å². The summed E-state index contributed by atoms with van der Waals surface area (Å²) >= 11 is 0. The van der Waals surface area contributed by atoms with Gasteiger partial charge in [0.25, 0.3) is 0 Å². The minimum absolute atomic E-state index is 0.725. The van der Waals surface area contributed by atoms with Crippen LogP contribution in [0.5, 0.6) is 0 Å². The van der Waals surface area contributed by atoms with Crippen molar-refractivity contribution in [1.82, 2.24) is 9.78 Å². The molecule has 0 aliphatic heterocycles. The largest absolute Gasteiger partial charge is 0.383 e. The highest BCUT2D eigenvalue weighted by molar-refractivity contribution is 5.51. The fourth-order valence-corrected chi connectivity index (χ4v) is 1.80. The third-order valence-electron chi connectivity index (χ3n) is 2.78. The molecule has 0 saturated heterocycles. The highest BCUT2D eigenvalue weighted by Gasteiger charge is 1.99. The van der Waals surface area contributed by atoms with Crippen molar-refractivity contribution in [1.29, 1.82) is 5.26 Å². The first-order chi connectivity index (χ1) is 8.69. The van der Waals surface area contributed by atoms with E-state index < -0.39 is 0 Å². The topological polar surface area (TPSA) is 53.6 Å². The summed E-state index contributed by atoms with van der Waals surface area (Å²) in [5, 5.41) is 16.4. The monoisotopic (exact) mass is 240 g/mol. The maximum Gasteiger partial charge on any atom is 0.0994 e. The van der Waals surface area contributed by atoms with Crippen LogP contribution in [0.1, 0.15) is 16.7 Å². The van der Waals surface area contributed by atoms with Gasteiger partial charge in [-0.05, 0) is 43.2 Å². The Morgan fingerprint density at radius 1 is 1.39 bits per heavy atom. The Balaban J connectivity index is 1.91. The molecular formula is C14H16N4. The van der Waals surface area contributed by atoms with Gasteiger partial charge in [0.2, 0.25) is 0 Å². The first-order valence-corrected chi connectivity index (χ1v) is 5.93. The summed E-state index contributed by atoms with van der Waals surface area (Å²) in [7, 11) is 0. The summed E-state index contributed by atoms with van der Waals surface area (Å²) < 4.78 is 1.92. The Kier molecular flexibility index (Phi) is 3.63. The fraction of sp³-hybridized carbons (Fsp3) is 0.286. The van der Waals surface area contributed by atoms with E-state index >= 15 is 0 Å². The second-order valence-corrected chi connectivity index (χ2v) is 4.35. The van der Waals surface area contributed by atoms with Crippen molar-refractivity contribution in [3.05, 3.63) is 47.3 Å². The van der Waals surface area contributed by atoms with Crippen molar-refractivity contribution in [2.75, 3.05) is 11.9 Å². The van der Waals surface area contributed by atoms with Gasteiger partial charge >= 0.3 is 0 Å². The Morgan fingerprint density at radius 3 is 2.83 bits per heavy atom. The van der Waals surface area contributed by atoms with Crippen LogP contribution in [0.4, 0.5) is 5.69 Å². The molecule has 0 aliphatic carbocycles. The van der Waals surface area contributed by atoms with E-state index in [1.165, 1.54) is 5.56 Å². The number of hydrogen-bond acceptors (Lipinski definition) is 3. The molecule has 0 amide bonds. The molecule has 2 rings (SSSR count). The third-order valence-corrected chi connectivity index (χ3v) is 2.78. The maximum atomic E-state index is 8.85. The molecule has 0 aliphatic rings. The maximum absolute atomic E-state index is 8.85. The van der Waals surface area contributed by atoms with E-state index in [2.05, 4.69) is 16.5 Å². The van der Waals surface area contributed by atoms with E-state index in [0.717, 1.165) is 29.9 Å². The zero-order valence-electron chi connectivity index (χ0n) is 10.6. The third kappa shape index (κ3) is 2.89. The SMILES string of the molecule is Cc1cnn(CCNc2ccc(C#N)c(C)c2)c1. The van der Waals surface area contributed by atoms with Crippen molar-refractivity contribution in [3.8, 4) is 6.07 Å². The van der Waals surface area contributed by atoms with Gasteiger partial charge in [-0.3, -0.25) is 4.68 Å². The van der Waals surface area contributed by atoms with E-state index in [-0.39, 0.29) is 0 Å². The lowest BCUT2D eigenvalue weighted by Crippen LogP contribution is -2.10. The molecule has 18 heavy (non-hydrogen) atoms. The van der Waals surface area contributed by atoms with Gasteiger partial charge in [0.1, 0.15) is 0 Å². The highest BCUT2D eigenvalue weighted by Crippen LogP contribution is 2.14. The minimum Gasteiger partial charge on any atom is -0.383 e. The molecular weight excluding hydrogens is 224 g/mol. The molecule has 4 heteroatoms. The van der Waals surface area contributed by atoms with Gasteiger partial charge < -0.3 is 5.32 Å². The average Bonchev–Trinajstić information content (AvgIpc) is 2.75. The number of nitrogens with one attached hydrogen (secondary N) is 1. The van der Waals surface area contributed by atoms with Gasteiger partial charge in [-0.2, -0.15) is 10.4 Å². The van der Waals surface area contributed by atoms with Crippen molar-refractivity contribution >= 4 is 5.69 Å². The Labute approximate surface area is 107 Å². The molecule has 1 heterocycles. The van der Waals surface area contributed by atoms with Crippen LogP contribution in [0.15, 0.2) is 30.6 Å². The number of aromatic nitrogens is 2. The fourth-order valence-electron chi connectivity index (χ4n) is 1.80. The molecule has 0 fully saturated rings. The van der Waals surface area contributed by atoms with Crippen LogP contribution in [0.2, 0.25) is 0 Å². The smallest absolute Gasteiger partial charge is 0.0994 e. The van der Waals surface area contributed by atoms with Gasteiger partial charge in [-0.1, -0.05) is 0 Å². The van der Waals surface area contributed by atoms with Crippen molar-refractivity contribution in [2.45, 2.75) is 20.4 Å². The number of hydrogen-bond donors (Lipinski definition) is 1. The molecule has 0 saturated carbocycles. The first kappa shape index (κ1) is 12.2. The van der Waals surface area contributed by atoms with E-state index in [4.69, 9.17) is 5.26 Å². The van der Waals surface area contributed by atoms with Gasteiger partial charge in [0.15, 0.2) is 0 Å². The molecule has 0 unspecified atom stereocenters. The summed E-state index contributed by atoms with van der Waals surface area (Å²) in [5.41, 5.74) is 3.93. The zero-order valence-corrected chi connectivity index (χ0v) is 10.6. The molecule has 0 bridgehead atoms. The van der Waals surface area contributed by atoms with Crippen molar-refractivity contribution < 1.29 is 0 Å². The molecule has 1 N–H and O–H groups in total. The molecule has 1 aromatic heterocycles. The summed E-state index contributed by atoms with van der Waals surface area (Å²) in [6.07, 6.45) is 3.87. The van der Waals surface area contributed by atoms with Gasteiger partial charge in [-0.15, -0.1) is 0 Å². The Hall–Kier alpha value is -2.28. The molecule has 1 aromatic carbocycles. The number of aryl methyl sites for hydroxylation is 2. The van der Waals surface area contributed by atoms with Gasteiger partial charge in [-0.25, -0.2) is 0 Å². The molecule has 0 spiro atoms. The number of benzene rings is 1. The number of anilines is 1. The van der Waals surface area contributed by atoms with Crippen molar-refractivity contribution in [2.24, 2.45) is 0 Å². The number of rotatable bonds is 4. The van der Waals surface area contributed by atoms with Crippen molar-refractivity contribution in [3.63, 3.8) is 0 Å². The van der Waals surface area contributed by atoms with E-state index in [1.807, 2.05) is 49.1 Å². The zero-order chi connectivity index (χ0) is 13.0. The van der Waals surface area contributed by atoms with Crippen LogP contribution < -0.4 is 5.32 Å². The predicted molar refractivity (Wildman–Crippen MR) is 71.3 cm³/mol. The van der Waals surface area contributed by atoms with Gasteiger partial charge in [0.05, 0.1) is 24.4 Å². The summed E-state index contributed by atoms with van der Waals surface area (Å²) in [6.45, 7) is 5.61. The summed E-state index contributed by atoms with van der Waals surface area (Å²) in [6, 6.07) is 7.93. The van der Waals surface area contributed by atoms with Crippen LogP contribution in [0.25, 0.3) is 0 Å². The number of nitrogens with zero attached hydrogens (tertiary/aromatic N) is 3. The average molecular weight is 240 g/mol. The molecule has 92 valence electrons. The Bertz CT molecular complexity index is 578. The second kappa shape index (κ2) is 5.37. The quantitative estimate of drug-likeness (QED) is 0.893. The molecule has 0 atom stereocenters. The summed E-state index contributed by atoms with van der Waals surface area (Å²) in [4.78, 5) is 0. The molecule has 4 nitrogen and oxygen atoms in total. The van der Waals surface area contributed by atoms with Gasteiger partial charge in [0, 0.05) is 18.4 Å². The van der Waals surface area contributed by atoms with E-state index in [1.54, 1.807) is 0 Å². The van der Waals surface area contributed by atoms with Crippen LogP contribution in [0, 0.1) is 25.2 Å². The molecule has 0 radical (unpaired) electrons. The molecule has 2 aromatic rings. The predicted octanol–water partition coefficient (Wildman–Crippen LogP) is 2.48. The lowest BCUT2D eigenvalue weighted by atomic mass is 10.1. The summed E-state index contributed by atoms with van der Waals surface area (Å²) in [5.74, 6) is 0. The van der Waals surface area contributed by atoms with Crippen LogP contribution in [0.3, 0.4) is 0 Å². The van der Waals surface area contributed by atoms with Crippen LogP contribution in [-0.4, -0.2) is 16.3 Å². The lowest BCUT2D eigenvalue weighted by Gasteiger charge is -2.08. The normalized spacial score (nSPS) is 10.1. The lowest BCUT2D eigenvalue weighted by molar-refractivity contribution is 0.637. The minimum atomic E-state index is 0.725. The Morgan fingerprint density at radius 2 is 2.22 bits per heavy atom. The standard InChI is InChI=1S/C14H16N4/c1-11-9-17-18(10-11)6-5-16-14-4-3-13(8-15)12(2)7-14/h3-4,7,9-10,16H,5-6H2,1-2H3. The van der Waals surface area contributed by atoms with E-state index in [0.29, 0.717) is 0 Å².